The smallest absolute Gasteiger partial charge is 0.223 e. The van der Waals surface area contributed by atoms with Crippen LogP contribution in [0.4, 0.5) is 14.5 Å². The molecule has 0 amide bonds. The van der Waals surface area contributed by atoms with E-state index in [1.54, 1.807) is 0 Å². The molecule has 1 aliphatic rings. The highest BCUT2D eigenvalue weighted by Crippen LogP contribution is 2.28. The molecule has 0 spiro atoms. The molecule has 2 rings (SSSR count). The average molecular weight is 327 g/mol. The fourth-order valence-corrected chi connectivity index (χ4v) is 2.15. The van der Waals surface area contributed by atoms with Gasteiger partial charge in [-0.25, -0.2) is 13.8 Å². The van der Waals surface area contributed by atoms with E-state index >= 15 is 0 Å². The first-order valence-electron chi connectivity index (χ1n) is 7.09. The lowest BCUT2D eigenvalue weighted by Gasteiger charge is -2.22. The summed E-state index contributed by atoms with van der Waals surface area (Å²) in [6, 6.07) is 2.00. The summed E-state index contributed by atoms with van der Waals surface area (Å²) < 4.78 is 38.5. The van der Waals surface area contributed by atoms with Crippen LogP contribution in [0.2, 0.25) is 0 Å². The third-order valence-electron chi connectivity index (χ3n) is 3.27. The zero-order chi connectivity index (χ0) is 16.8. The molecular weight excluding hydrogens is 308 g/mol. The normalized spacial score (nSPS) is 16.2. The number of ether oxygens (including phenoxy) is 2. The summed E-state index contributed by atoms with van der Waals surface area (Å²) in [5.74, 6) is -2.56. The van der Waals surface area contributed by atoms with Crippen molar-refractivity contribution in [3.8, 4) is 5.75 Å². The number of aliphatic imine (C=N–C) groups is 2. The minimum Gasteiger partial charge on any atom is -0.487 e. The number of benzene rings is 1. The molecule has 1 aliphatic heterocycles. The van der Waals surface area contributed by atoms with E-state index in [1.165, 1.54) is 0 Å². The summed E-state index contributed by atoms with van der Waals surface area (Å²) in [5.41, 5.74) is 15.6. The van der Waals surface area contributed by atoms with E-state index in [0.717, 1.165) is 25.0 Å². The standard InChI is InChI=1S/C14H19F2N5O2/c15-10-5-9(20-14(19)21-13(17)18)6-11(16)12(10)23-7-8-1-3-22-4-2-8/h5-6,8H,1-4,7H2,(H6,17,18,19,20,21). The maximum absolute atomic E-state index is 14.0. The van der Waals surface area contributed by atoms with Gasteiger partial charge in [0.05, 0.1) is 12.3 Å². The number of nitrogens with two attached hydrogens (primary N) is 3. The van der Waals surface area contributed by atoms with Crippen molar-refractivity contribution in [1.82, 2.24) is 0 Å². The number of guanidine groups is 2. The van der Waals surface area contributed by atoms with Gasteiger partial charge in [0.15, 0.2) is 23.3 Å². The Morgan fingerprint density at radius 1 is 1.17 bits per heavy atom. The molecule has 9 heteroatoms. The van der Waals surface area contributed by atoms with Crippen LogP contribution in [0.25, 0.3) is 0 Å². The lowest BCUT2D eigenvalue weighted by Crippen LogP contribution is -2.26. The Morgan fingerprint density at radius 2 is 1.78 bits per heavy atom. The van der Waals surface area contributed by atoms with Crippen LogP contribution in [0.5, 0.6) is 5.75 Å². The monoisotopic (exact) mass is 327 g/mol. The van der Waals surface area contributed by atoms with Gasteiger partial charge < -0.3 is 26.7 Å². The van der Waals surface area contributed by atoms with Crippen molar-refractivity contribution in [1.29, 1.82) is 0 Å². The van der Waals surface area contributed by atoms with E-state index in [9.17, 15) is 8.78 Å². The van der Waals surface area contributed by atoms with Gasteiger partial charge in [-0.05, 0) is 18.8 Å². The van der Waals surface area contributed by atoms with E-state index in [0.29, 0.717) is 13.2 Å². The second-order valence-corrected chi connectivity index (χ2v) is 5.11. The molecule has 0 saturated carbocycles. The Morgan fingerprint density at radius 3 is 2.35 bits per heavy atom. The van der Waals surface area contributed by atoms with E-state index < -0.39 is 17.4 Å². The summed E-state index contributed by atoms with van der Waals surface area (Å²) >= 11 is 0. The van der Waals surface area contributed by atoms with E-state index in [1.807, 2.05) is 0 Å². The highest BCUT2D eigenvalue weighted by atomic mass is 19.1. The molecule has 1 fully saturated rings. The van der Waals surface area contributed by atoms with Crippen molar-refractivity contribution in [2.24, 2.45) is 33.1 Å². The molecule has 0 radical (unpaired) electrons. The predicted molar refractivity (Wildman–Crippen MR) is 82.5 cm³/mol. The van der Waals surface area contributed by atoms with Gasteiger partial charge in [-0.15, -0.1) is 0 Å². The van der Waals surface area contributed by atoms with Crippen molar-refractivity contribution >= 4 is 17.6 Å². The van der Waals surface area contributed by atoms with Crippen LogP contribution in [-0.4, -0.2) is 31.7 Å². The number of hydrogen-bond acceptors (Lipinski definition) is 3. The number of rotatable bonds is 4. The summed E-state index contributed by atoms with van der Waals surface area (Å²) in [6.45, 7) is 1.50. The third kappa shape index (κ3) is 5.06. The Labute approximate surface area is 132 Å². The van der Waals surface area contributed by atoms with Crippen molar-refractivity contribution in [3.63, 3.8) is 0 Å². The van der Waals surface area contributed by atoms with Crippen molar-refractivity contribution in [2.75, 3.05) is 19.8 Å². The minimum absolute atomic E-state index is 0.0547. The Hall–Kier alpha value is -2.42. The highest BCUT2D eigenvalue weighted by molar-refractivity contribution is 5.93. The third-order valence-corrected chi connectivity index (χ3v) is 3.27. The van der Waals surface area contributed by atoms with Gasteiger partial charge in [0.25, 0.3) is 0 Å². The maximum Gasteiger partial charge on any atom is 0.223 e. The zero-order valence-electron chi connectivity index (χ0n) is 12.5. The molecular formula is C14H19F2N5O2. The van der Waals surface area contributed by atoms with Crippen molar-refractivity contribution < 1.29 is 18.3 Å². The largest absolute Gasteiger partial charge is 0.487 e. The summed E-state index contributed by atoms with van der Waals surface area (Å²) in [4.78, 5) is 7.17. The molecule has 1 aromatic carbocycles. The van der Waals surface area contributed by atoms with Crippen LogP contribution >= 0.6 is 0 Å². The molecule has 0 atom stereocenters. The van der Waals surface area contributed by atoms with Crippen molar-refractivity contribution in [3.05, 3.63) is 23.8 Å². The molecule has 0 unspecified atom stereocenters. The zero-order valence-corrected chi connectivity index (χ0v) is 12.5. The van der Waals surface area contributed by atoms with Crippen LogP contribution in [0.15, 0.2) is 22.1 Å². The quantitative estimate of drug-likeness (QED) is 0.562. The molecule has 126 valence electrons. The van der Waals surface area contributed by atoms with Gasteiger partial charge >= 0.3 is 0 Å². The van der Waals surface area contributed by atoms with Crippen LogP contribution < -0.4 is 21.9 Å². The maximum atomic E-state index is 14.0. The van der Waals surface area contributed by atoms with E-state index in [4.69, 9.17) is 26.7 Å². The molecule has 0 bridgehead atoms. The fraction of sp³-hybridized carbons (Fsp3) is 0.429. The summed E-state index contributed by atoms with van der Waals surface area (Å²) in [5, 5.41) is 0. The lowest BCUT2D eigenvalue weighted by atomic mass is 10.0. The second-order valence-electron chi connectivity index (χ2n) is 5.11. The van der Waals surface area contributed by atoms with E-state index in [-0.39, 0.29) is 30.1 Å². The molecule has 0 aromatic heterocycles. The van der Waals surface area contributed by atoms with Gasteiger partial charge in [-0.3, -0.25) is 0 Å². The van der Waals surface area contributed by atoms with Crippen molar-refractivity contribution in [2.45, 2.75) is 12.8 Å². The lowest BCUT2D eigenvalue weighted by molar-refractivity contribution is 0.0485. The minimum atomic E-state index is -0.867. The van der Waals surface area contributed by atoms with Crippen LogP contribution in [-0.2, 0) is 4.74 Å². The van der Waals surface area contributed by atoms with Crippen LogP contribution in [0.1, 0.15) is 12.8 Å². The molecule has 0 aliphatic carbocycles. The summed E-state index contributed by atoms with van der Waals surface area (Å²) in [6.07, 6.45) is 1.61. The number of halogens is 2. The van der Waals surface area contributed by atoms with Gasteiger partial charge in [0.2, 0.25) is 5.96 Å². The second kappa shape index (κ2) is 7.73. The Kier molecular flexibility index (Phi) is 5.69. The summed E-state index contributed by atoms with van der Waals surface area (Å²) in [7, 11) is 0. The molecule has 1 saturated heterocycles. The van der Waals surface area contributed by atoms with Gasteiger partial charge in [-0.2, -0.15) is 4.99 Å². The van der Waals surface area contributed by atoms with Crippen LogP contribution in [0, 0.1) is 17.6 Å². The van der Waals surface area contributed by atoms with E-state index in [2.05, 4.69) is 9.98 Å². The predicted octanol–water partition coefficient (Wildman–Crippen LogP) is 0.990. The van der Waals surface area contributed by atoms with Crippen LogP contribution in [0.3, 0.4) is 0 Å². The van der Waals surface area contributed by atoms with Gasteiger partial charge in [0.1, 0.15) is 0 Å². The SMILES string of the molecule is NC(N)=NC(N)=Nc1cc(F)c(OCC2CCOCC2)c(F)c1. The molecule has 1 aromatic rings. The molecule has 23 heavy (non-hydrogen) atoms. The first-order valence-corrected chi connectivity index (χ1v) is 7.09. The van der Waals surface area contributed by atoms with Gasteiger partial charge in [0, 0.05) is 25.3 Å². The molecule has 1 heterocycles. The number of nitrogens with zero attached hydrogens (tertiary/aromatic N) is 2. The first-order chi connectivity index (χ1) is 11.0. The number of hydrogen-bond donors (Lipinski definition) is 3. The topological polar surface area (TPSA) is 121 Å². The first kappa shape index (κ1) is 16.9. The van der Waals surface area contributed by atoms with Gasteiger partial charge in [-0.1, -0.05) is 0 Å². The molecule has 7 nitrogen and oxygen atoms in total. The Balaban J connectivity index is 2.09. The highest BCUT2D eigenvalue weighted by Gasteiger charge is 2.18. The average Bonchev–Trinajstić information content (AvgIpc) is 2.46. The fourth-order valence-electron chi connectivity index (χ4n) is 2.15. The molecule has 6 N–H and O–H groups in total. The Bertz CT molecular complexity index is 588.